The molecule has 29 heavy (non-hydrogen) atoms. The molecule has 2 aliphatic rings. The molecule has 0 saturated heterocycles. The Morgan fingerprint density at radius 3 is 2.45 bits per heavy atom. The second-order valence-corrected chi connectivity index (χ2v) is 9.91. The monoisotopic (exact) mass is 400 g/mol. The number of rotatable bonds is 3. The zero-order valence-electron chi connectivity index (χ0n) is 18.5. The van der Waals surface area contributed by atoms with Crippen molar-refractivity contribution in [2.75, 3.05) is 14.2 Å². The van der Waals surface area contributed by atoms with Crippen molar-refractivity contribution in [1.82, 2.24) is 0 Å². The number of methoxy groups -OCH3 is 2. The lowest BCUT2D eigenvalue weighted by Crippen LogP contribution is -2.44. The summed E-state index contributed by atoms with van der Waals surface area (Å²) in [6.07, 6.45) is 5.79. The van der Waals surface area contributed by atoms with Crippen LogP contribution in [0.15, 0.2) is 10.5 Å². The van der Waals surface area contributed by atoms with E-state index in [0.717, 1.165) is 24.0 Å². The molecule has 1 aromatic heterocycles. The predicted octanol–water partition coefficient (Wildman–Crippen LogP) is 4.11. The van der Waals surface area contributed by atoms with E-state index in [1.807, 2.05) is 6.07 Å². The topological polar surface area (TPSA) is 72.1 Å². The summed E-state index contributed by atoms with van der Waals surface area (Å²) < 4.78 is 17.5. The number of hydrogen-bond acceptors (Lipinski definition) is 5. The molecule has 3 unspecified atom stereocenters. The molecule has 158 valence electrons. The van der Waals surface area contributed by atoms with Crippen LogP contribution in [0.1, 0.15) is 77.0 Å². The molecule has 2 aromatic rings. The van der Waals surface area contributed by atoms with E-state index in [1.165, 1.54) is 31.9 Å². The summed E-state index contributed by atoms with van der Waals surface area (Å²) >= 11 is 0. The molecule has 1 heterocycles. The van der Waals surface area contributed by atoms with Crippen LogP contribution in [0.2, 0.25) is 0 Å². The molecular weight excluding hydrogens is 367 g/mol. The first-order chi connectivity index (χ1) is 13.7. The molecule has 1 aromatic carbocycles. The molecule has 0 radical (unpaired) electrons. The highest BCUT2D eigenvalue weighted by molar-refractivity contribution is 6.63. The van der Waals surface area contributed by atoms with Gasteiger partial charge in [0.15, 0.2) is 11.5 Å². The minimum Gasteiger partial charge on any atom is -0.493 e. The number of ether oxygens (including phenoxy) is 2. The van der Waals surface area contributed by atoms with Crippen molar-refractivity contribution < 1.29 is 23.9 Å². The fourth-order valence-corrected chi connectivity index (χ4v) is 6.44. The summed E-state index contributed by atoms with van der Waals surface area (Å²) in [4.78, 5) is 0. The van der Waals surface area contributed by atoms with Gasteiger partial charge in [-0.05, 0) is 48.5 Å². The van der Waals surface area contributed by atoms with Gasteiger partial charge in [0.25, 0.3) is 0 Å². The minimum absolute atomic E-state index is 0.0234. The van der Waals surface area contributed by atoms with E-state index in [2.05, 4.69) is 27.7 Å². The number of furan rings is 1. The molecular formula is C23H33BO5. The van der Waals surface area contributed by atoms with Gasteiger partial charge in [-0.1, -0.05) is 34.1 Å². The van der Waals surface area contributed by atoms with Gasteiger partial charge in [-0.15, -0.1) is 0 Å². The second-order valence-electron chi connectivity index (χ2n) is 9.91. The molecule has 1 fully saturated rings. The number of hydrogen-bond donors (Lipinski definition) is 2. The first-order valence-corrected chi connectivity index (χ1v) is 10.7. The highest BCUT2D eigenvalue weighted by atomic mass is 16.5. The van der Waals surface area contributed by atoms with E-state index >= 15 is 0 Å². The van der Waals surface area contributed by atoms with Gasteiger partial charge in [-0.2, -0.15) is 0 Å². The standard InChI is InChI=1S/C23H33BO5/c1-13-8-9-16-22(2,3)10-7-11-23(16,4)17-14-12-15(27-5)21(28-6)18(24(25)26)20(14)29-19(13)17/h12-13,16,25-26H,7-11H2,1-6H3. The summed E-state index contributed by atoms with van der Waals surface area (Å²) in [5.74, 6) is 2.62. The molecule has 2 N–H and O–H groups in total. The Morgan fingerprint density at radius 1 is 1.10 bits per heavy atom. The molecule has 0 spiro atoms. The van der Waals surface area contributed by atoms with Crippen LogP contribution < -0.4 is 14.9 Å². The molecule has 1 saturated carbocycles. The third-order valence-electron chi connectivity index (χ3n) is 7.78. The van der Waals surface area contributed by atoms with Gasteiger partial charge in [0.1, 0.15) is 11.3 Å². The summed E-state index contributed by atoms with van der Waals surface area (Å²) in [6.45, 7) is 9.41. The molecule has 4 rings (SSSR count). The van der Waals surface area contributed by atoms with Gasteiger partial charge in [-0.25, -0.2) is 0 Å². The molecule has 5 nitrogen and oxygen atoms in total. The van der Waals surface area contributed by atoms with Crippen molar-refractivity contribution in [3.63, 3.8) is 0 Å². The van der Waals surface area contributed by atoms with Crippen LogP contribution in [-0.2, 0) is 5.41 Å². The third-order valence-corrected chi connectivity index (χ3v) is 7.78. The van der Waals surface area contributed by atoms with Crippen LogP contribution in [0, 0.1) is 11.3 Å². The molecule has 6 heteroatoms. The van der Waals surface area contributed by atoms with Gasteiger partial charge >= 0.3 is 7.12 Å². The van der Waals surface area contributed by atoms with Gasteiger partial charge < -0.3 is 23.9 Å². The molecule has 3 atom stereocenters. The van der Waals surface area contributed by atoms with E-state index < -0.39 is 7.12 Å². The lowest BCUT2D eigenvalue weighted by molar-refractivity contribution is 0.0504. The van der Waals surface area contributed by atoms with Crippen molar-refractivity contribution in [2.24, 2.45) is 11.3 Å². The van der Waals surface area contributed by atoms with E-state index in [0.29, 0.717) is 23.0 Å². The van der Waals surface area contributed by atoms with Crippen LogP contribution in [0.5, 0.6) is 11.5 Å². The van der Waals surface area contributed by atoms with E-state index in [1.54, 1.807) is 7.11 Å². The smallest absolute Gasteiger partial charge is 0.493 e. The Kier molecular flexibility index (Phi) is 4.94. The quantitative estimate of drug-likeness (QED) is 0.759. The average Bonchev–Trinajstić information content (AvgIpc) is 2.99. The summed E-state index contributed by atoms with van der Waals surface area (Å²) in [5, 5.41) is 21.3. The fraction of sp³-hybridized carbons (Fsp3) is 0.652. The van der Waals surface area contributed by atoms with Crippen LogP contribution in [0.4, 0.5) is 0 Å². The zero-order valence-corrected chi connectivity index (χ0v) is 18.5. The Hall–Kier alpha value is -1.66. The van der Waals surface area contributed by atoms with Crippen molar-refractivity contribution in [2.45, 2.75) is 71.1 Å². The van der Waals surface area contributed by atoms with E-state index in [4.69, 9.17) is 13.9 Å². The highest BCUT2D eigenvalue weighted by Gasteiger charge is 2.51. The van der Waals surface area contributed by atoms with Crippen LogP contribution >= 0.6 is 0 Å². The van der Waals surface area contributed by atoms with Gasteiger partial charge in [0.2, 0.25) is 0 Å². The maximum atomic E-state index is 10.2. The molecule has 2 aliphatic carbocycles. The minimum atomic E-state index is -1.71. The Morgan fingerprint density at radius 2 is 1.83 bits per heavy atom. The van der Waals surface area contributed by atoms with Gasteiger partial charge in [0, 0.05) is 16.9 Å². The highest BCUT2D eigenvalue weighted by Crippen LogP contribution is 2.59. The number of benzene rings is 1. The first-order valence-electron chi connectivity index (χ1n) is 10.7. The van der Waals surface area contributed by atoms with Crippen molar-refractivity contribution in [3.05, 3.63) is 17.4 Å². The SMILES string of the molecule is COc1cc2c3c(oc2c(B(O)O)c1OC)C(C)CCC1C(C)(C)CCCC31C. The largest absolute Gasteiger partial charge is 0.496 e. The summed E-state index contributed by atoms with van der Waals surface area (Å²) in [6, 6.07) is 1.96. The second kappa shape index (κ2) is 6.95. The third kappa shape index (κ3) is 2.90. The maximum Gasteiger partial charge on any atom is 0.496 e. The average molecular weight is 400 g/mol. The molecule has 0 bridgehead atoms. The van der Waals surface area contributed by atoms with Crippen LogP contribution in [-0.4, -0.2) is 31.4 Å². The Balaban J connectivity index is 2.09. The maximum absolute atomic E-state index is 10.2. The normalized spacial score (nSPS) is 28.4. The molecule has 0 amide bonds. The Bertz CT molecular complexity index is 931. The summed E-state index contributed by atoms with van der Waals surface area (Å²) in [7, 11) is 1.37. The van der Waals surface area contributed by atoms with Gasteiger partial charge in [0.05, 0.1) is 19.7 Å². The summed E-state index contributed by atoms with van der Waals surface area (Å²) in [5.41, 5.74) is 2.23. The van der Waals surface area contributed by atoms with Crippen LogP contribution in [0.25, 0.3) is 11.0 Å². The zero-order chi connectivity index (χ0) is 21.1. The molecule has 0 aliphatic heterocycles. The lowest BCUT2D eigenvalue weighted by Gasteiger charge is -2.50. The lowest BCUT2D eigenvalue weighted by atomic mass is 9.53. The van der Waals surface area contributed by atoms with Gasteiger partial charge in [-0.3, -0.25) is 0 Å². The predicted molar refractivity (Wildman–Crippen MR) is 115 cm³/mol. The fourth-order valence-electron chi connectivity index (χ4n) is 6.44. The van der Waals surface area contributed by atoms with Crippen molar-refractivity contribution in [1.29, 1.82) is 0 Å². The van der Waals surface area contributed by atoms with Crippen LogP contribution in [0.3, 0.4) is 0 Å². The Labute approximate surface area is 173 Å². The van der Waals surface area contributed by atoms with Crippen molar-refractivity contribution >= 4 is 23.6 Å². The van der Waals surface area contributed by atoms with E-state index in [-0.39, 0.29) is 22.2 Å². The first kappa shape index (κ1) is 20.6. The van der Waals surface area contributed by atoms with Crippen molar-refractivity contribution in [3.8, 4) is 11.5 Å². The van der Waals surface area contributed by atoms with E-state index in [9.17, 15) is 10.0 Å². The number of fused-ring (bicyclic) bond motifs is 5.